The van der Waals surface area contributed by atoms with E-state index in [0.717, 1.165) is 21.4 Å². The highest BCUT2D eigenvalue weighted by Crippen LogP contribution is 2.23. The molecule has 0 saturated heterocycles. The first-order valence-corrected chi connectivity index (χ1v) is 5.31. The smallest absolute Gasteiger partial charge is 0.142 e. The number of nitrogens with zero attached hydrogens (tertiary/aromatic N) is 2. The molecule has 1 aromatic heterocycles. The maximum Gasteiger partial charge on any atom is 0.142 e. The molecular weight excluding hydrogens is 254 g/mol. The number of nitrogen functional groups attached to an aromatic ring is 1. The largest absolute Gasteiger partial charge is 0.382 e. The van der Waals surface area contributed by atoms with Crippen molar-refractivity contribution in [2.75, 3.05) is 5.73 Å². The Labute approximate surface area is 96.5 Å². The summed E-state index contributed by atoms with van der Waals surface area (Å²) < 4.78 is 1.03. The van der Waals surface area contributed by atoms with Crippen molar-refractivity contribution in [2.45, 2.75) is 6.92 Å². The molecule has 0 saturated carbocycles. The normalized spacial score (nSPS) is 10.3. The Hall–Kier alpha value is -1.42. The number of aromatic nitrogens is 2. The lowest BCUT2D eigenvalue weighted by molar-refractivity contribution is 1.13. The minimum Gasteiger partial charge on any atom is -0.382 e. The van der Waals surface area contributed by atoms with Crippen molar-refractivity contribution in [3.63, 3.8) is 0 Å². The third-order valence-corrected chi connectivity index (χ3v) is 2.56. The van der Waals surface area contributed by atoms with Crippen LogP contribution < -0.4 is 5.73 Å². The molecule has 0 fully saturated rings. The summed E-state index contributed by atoms with van der Waals surface area (Å²) in [6.45, 7) is 1.90. The fourth-order valence-electron chi connectivity index (χ4n) is 1.42. The summed E-state index contributed by atoms with van der Waals surface area (Å²) in [6, 6.07) is 7.95. The van der Waals surface area contributed by atoms with E-state index in [1.807, 2.05) is 31.2 Å². The van der Waals surface area contributed by atoms with E-state index >= 15 is 0 Å². The Bertz CT molecular complexity index is 497. The lowest BCUT2D eigenvalue weighted by Gasteiger charge is -2.05. The molecule has 0 aliphatic carbocycles. The molecule has 76 valence electrons. The highest BCUT2D eigenvalue weighted by molar-refractivity contribution is 9.10. The summed E-state index contributed by atoms with van der Waals surface area (Å²) in [5.74, 6) is 0.450. The quantitative estimate of drug-likeness (QED) is 0.861. The first-order valence-electron chi connectivity index (χ1n) is 4.52. The minimum atomic E-state index is 0.450. The van der Waals surface area contributed by atoms with Gasteiger partial charge in [-0.2, -0.15) is 0 Å². The van der Waals surface area contributed by atoms with Crippen LogP contribution in [0.2, 0.25) is 0 Å². The Morgan fingerprint density at radius 2 is 2.13 bits per heavy atom. The predicted octanol–water partition coefficient (Wildman–Crippen LogP) is 2.80. The molecule has 15 heavy (non-hydrogen) atoms. The first-order chi connectivity index (χ1) is 7.16. The summed E-state index contributed by atoms with van der Waals surface area (Å²) in [5, 5.41) is 0. The van der Waals surface area contributed by atoms with Crippen LogP contribution in [0, 0.1) is 6.92 Å². The lowest BCUT2D eigenvalue weighted by atomic mass is 10.1. The number of anilines is 1. The topological polar surface area (TPSA) is 51.8 Å². The van der Waals surface area contributed by atoms with Crippen LogP contribution in [-0.4, -0.2) is 9.97 Å². The maximum atomic E-state index is 5.55. The molecule has 0 radical (unpaired) electrons. The predicted molar refractivity (Wildman–Crippen MR) is 64.3 cm³/mol. The zero-order valence-corrected chi connectivity index (χ0v) is 9.82. The molecule has 2 rings (SSSR count). The van der Waals surface area contributed by atoms with E-state index in [1.54, 1.807) is 6.20 Å². The second-order valence-electron chi connectivity index (χ2n) is 3.24. The average Bonchev–Trinajstić information content (AvgIpc) is 2.17. The second kappa shape index (κ2) is 3.98. The zero-order chi connectivity index (χ0) is 10.8. The number of rotatable bonds is 1. The van der Waals surface area contributed by atoms with Gasteiger partial charge in [-0.25, -0.2) is 4.98 Å². The third-order valence-electron chi connectivity index (χ3n) is 2.06. The van der Waals surface area contributed by atoms with Gasteiger partial charge in [0.2, 0.25) is 0 Å². The summed E-state index contributed by atoms with van der Waals surface area (Å²) >= 11 is 3.43. The SMILES string of the molecule is Cc1nc(N)cnc1-c1cccc(Br)c1. The van der Waals surface area contributed by atoms with Crippen molar-refractivity contribution < 1.29 is 0 Å². The van der Waals surface area contributed by atoms with Crippen LogP contribution in [0.3, 0.4) is 0 Å². The van der Waals surface area contributed by atoms with Crippen LogP contribution in [0.4, 0.5) is 5.82 Å². The van der Waals surface area contributed by atoms with Crippen molar-refractivity contribution in [2.24, 2.45) is 0 Å². The fraction of sp³-hybridized carbons (Fsp3) is 0.0909. The second-order valence-corrected chi connectivity index (χ2v) is 4.15. The molecule has 0 spiro atoms. The van der Waals surface area contributed by atoms with Crippen LogP contribution in [0.5, 0.6) is 0 Å². The summed E-state index contributed by atoms with van der Waals surface area (Å²) in [4.78, 5) is 8.46. The standard InChI is InChI=1S/C11H10BrN3/c1-7-11(14-6-10(13)15-7)8-3-2-4-9(12)5-8/h2-6H,1H3,(H2,13,15). The van der Waals surface area contributed by atoms with Crippen molar-refractivity contribution >= 4 is 21.7 Å². The summed E-state index contributed by atoms with van der Waals surface area (Å²) in [7, 11) is 0. The highest BCUT2D eigenvalue weighted by atomic mass is 79.9. The molecule has 1 aromatic carbocycles. The van der Waals surface area contributed by atoms with Crippen LogP contribution in [0.15, 0.2) is 34.9 Å². The van der Waals surface area contributed by atoms with Crippen LogP contribution in [0.25, 0.3) is 11.3 Å². The van der Waals surface area contributed by atoms with E-state index in [9.17, 15) is 0 Å². The molecule has 0 aliphatic rings. The van der Waals surface area contributed by atoms with Gasteiger partial charge in [-0.05, 0) is 19.1 Å². The molecule has 0 atom stereocenters. The summed E-state index contributed by atoms with van der Waals surface area (Å²) in [6.07, 6.45) is 1.57. The van der Waals surface area contributed by atoms with E-state index in [4.69, 9.17) is 5.73 Å². The van der Waals surface area contributed by atoms with Crippen molar-refractivity contribution in [3.8, 4) is 11.3 Å². The first kappa shape index (κ1) is 10.1. The molecular formula is C11H10BrN3. The van der Waals surface area contributed by atoms with Gasteiger partial charge >= 0.3 is 0 Å². The minimum absolute atomic E-state index is 0.450. The molecule has 1 heterocycles. The molecule has 2 aromatic rings. The van der Waals surface area contributed by atoms with Gasteiger partial charge in [0.05, 0.1) is 17.6 Å². The molecule has 0 aliphatic heterocycles. The highest BCUT2D eigenvalue weighted by Gasteiger charge is 2.05. The van der Waals surface area contributed by atoms with E-state index in [1.165, 1.54) is 0 Å². The van der Waals surface area contributed by atoms with Gasteiger partial charge < -0.3 is 5.73 Å². The number of hydrogen-bond donors (Lipinski definition) is 1. The number of benzene rings is 1. The molecule has 0 unspecified atom stereocenters. The Morgan fingerprint density at radius 3 is 2.80 bits per heavy atom. The fourth-order valence-corrected chi connectivity index (χ4v) is 1.82. The molecule has 0 bridgehead atoms. The zero-order valence-electron chi connectivity index (χ0n) is 8.24. The van der Waals surface area contributed by atoms with Gasteiger partial charge in [0.1, 0.15) is 5.82 Å². The van der Waals surface area contributed by atoms with E-state index in [2.05, 4.69) is 25.9 Å². The van der Waals surface area contributed by atoms with Crippen LogP contribution in [-0.2, 0) is 0 Å². The van der Waals surface area contributed by atoms with E-state index in [0.29, 0.717) is 5.82 Å². The Kier molecular flexibility index (Phi) is 2.68. The molecule has 3 nitrogen and oxygen atoms in total. The number of halogens is 1. The van der Waals surface area contributed by atoms with E-state index in [-0.39, 0.29) is 0 Å². The molecule has 4 heteroatoms. The molecule has 2 N–H and O–H groups in total. The Balaban J connectivity index is 2.54. The van der Waals surface area contributed by atoms with Gasteiger partial charge in [0.25, 0.3) is 0 Å². The number of hydrogen-bond acceptors (Lipinski definition) is 3. The van der Waals surface area contributed by atoms with Crippen molar-refractivity contribution in [3.05, 3.63) is 40.6 Å². The lowest BCUT2D eigenvalue weighted by Crippen LogP contribution is -1.97. The maximum absolute atomic E-state index is 5.55. The van der Waals surface area contributed by atoms with E-state index < -0.39 is 0 Å². The van der Waals surface area contributed by atoms with Crippen molar-refractivity contribution in [1.29, 1.82) is 0 Å². The van der Waals surface area contributed by atoms with Gasteiger partial charge in [-0.3, -0.25) is 4.98 Å². The molecule has 0 amide bonds. The number of nitrogens with two attached hydrogens (primary N) is 1. The Morgan fingerprint density at radius 1 is 1.33 bits per heavy atom. The average molecular weight is 264 g/mol. The van der Waals surface area contributed by atoms with Crippen LogP contribution in [0.1, 0.15) is 5.69 Å². The monoisotopic (exact) mass is 263 g/mol. The van der Waals surface area contributed by atoms with Crippen molar-refractivity contribution in [1.82, 2.24) is 9.97 Å². The van der Waals surface area contributed by atoms with Crippen LogP contribution >= 0.6 is 15.9 Å². The van der Waals surface area contributed by atoms with Gasteiger partial charge in [0, 0.05) is 10.0 Å². The van der Waals surface area contributed by atoms with Gasteiger partial charge in [-0.1, -0.05) is 28.1 Å². The summed E-state index contributed by atoms with van der Waals surface area (Å²) in [5.41, 5.74) is 8.30. The van der Waals surface area contributed by atoms with Gasteiger partial charge in [-0.15, -0.1) is 0 Å². The number of aryl methyl sites for hydroxylation is 1. The van der Waals surface area contributed by atoms with Gasteiger partial charge in [0.15, 0.2) is 0 Å². The third kappa shape index (κ3) is 2.15.